The summed E-state index contributed by atoms with van der Waals surface area (Å²) < 4.78 is 1.54. The highest BCUT2D eigenvalue weighted by Crippen LogP contribution is 2.25. The number of anilines is 2. The predicted molar refractivity (Wildman–Crippen MR) is 129 cm³/mol. The van der Waals surface area contributed by atoms with E-state index in [9.17, 15) is 14.4 Å². The van der Waals surface area contributed by atoms with Crippen molar-refractivity contribution >= 4 is 34.8 Å². The third-order valence-corrected chi connectivity index (χ3v) is 5.42. The molecule has 0 saturated heterocycles. The van der Waals surface area contributed by atoms with Gasteiger partial charge in [-0.05, 0) is 54.8 Å². The van der Waals surface area contributed by atoms with Crippen LogP contribution in [-0.4, -0.2) is 33.2 Å². The lowest BCUT2D eigenvalue weighted by molar-refractivity contribution is -0.119. The van der Waals surface area contributed by atoms with E-state index in [0.29, 0.717) is 17.1 Å². The molecule has 3 amide bonds. The highest BCUT2D eigenvalue weighted by Gasteiger charge is 2.26. The zero-order valence-corrected chi connectivity index (χ0v) is 19.1. The van der Waals surface area contributed by atoms with Gasteiger partial charge in [-0.25, -0.2) is 5.01 Å². The number of hydrogen-bond donors (Lipinski definition) is 2. The van der Waals surface area contributed by atoms with E-state index in [1.165, 1.54) is 9.69 Å². The van der Waals surface area contributed by atoms with E-state index in [4.69, 9.17) is 0 Å². The number of aromatic nitrogens is 2. The smallest absolute Gasteiger partial charge is 0.267 e. The minimum Gasteiger partial charge on any atom is -0.347 e. The second-order valence-corrected chi connectivity index (χ2v) is 8.18. The van der Waals surface area contributed by atoms with Gasteiger partial charge in [0.1, 0.15) is 12.3 Å². The average molecular weight is 459 g/mol. The number of carbonyl (C=O) groups excluding carboxylic acids is 3. The summed E-state index contributed by atoms with van der Waals surface area (Å²) in [6, 6.07) is 14.8. The van der Waals surface area contributed by atoms with Crippen molar-refractivity contribution in [3.8, 4) is 0 Å². The first kappa shape index (κ1) is 22.9. The Hall–Kier alpha value is -4.27. The lowest BCUT2D eigenvalue weighted by Crippen LogP contribution is -2.39. The van der Waals surface area contributed by atoms with E-state index in [1.807, 2.05) is 44.2 Å². The molecular weight excluding hydrogens is 432 g/mol. The van der Waals surface area contributed by atoms with Crippen molar-refractivity contribution in [1.29, 1.82) is 0 Å². The van der Waals surface area contributed by atoms with Crippen molar-refractivity contribution in [1.82, 2.24) is 15.1 Å². The van der Waals surface area contributed by atoms with Gasteiger partial charge in [-0.2, -0.15) is 10.2 Å². The lowest BCUT2D eigenvalue weighted by atomic mass is 10.1. The Labute approximate surface area is 197 Å². The molecule has 1 aromatic heterocycles. The van der Waals surface area contributed by atoms with Gasteiger partial charge >= 0.3 is 0 Å². The van der Waals surface area contributed by atoms with Crippen molar-refractivity contribution in [2.45, 2.75) is 39.8 Å². The summed E-state index contributed by atoms with van der Waals surface area (Å²) in [4.78, 5) is 37.5. The lowest BCUT2D eigenvalue weighted by Gasteiger charge is -2.24. The van der Waals surface area contributed by atoms with Crippen molar-refractivity contribution < 1.29 is 14.4 Å². The standard InChI is InChI=1S/C25H26N6O3/c1-17-7-8-18(2)22(13-17)31-24(33)10-9-21(29-31)25(34)26-15-19-5-3-6-20(14-19)28-23(32)16-30-12-4-11-27-30/h3-8,11-14H,9-10,15-16H2,1-2H3,(H,26,34)(H,28,32). The van der Waals surface area contributed by atoms with Crippen LogP contribution in [0.1, 0.15) is 29.5 Å². The Kier molecular flexibility index (Phi) is 6.82. The molecule has 174 valence electrons. The molecule has 3 aromatic rings. The summed E-state index contributed by atoms with van der Waals surface area (Å²) in [7, 11) is 0. The number of nitrogens with zero attached hydrogens (tertiary/aromatic N) is 4. The molecule has 2 aromatic carbocycles. The van der Waals surface area contributed by atoms with Crippen LogP contribution in [0.15, 0.2) is 66.0 Å². The van der Waals surface area contributed by atoms with Crippen molar-refractivity contribution in [2.24, 2.45) is 5.10 Å². The molecule has 0 aliphatic carbocycles. The molecule has 0 saturated carbocycles. The summed E-state index contributed by atoms with van der Waals surface area (Å²) in [6.45, 7) is 4.23. The third kappa shape index (κ3) is 5.55. The molecule has 0 unspecified atom stereocenters. The average Bonchev–Trinajstić information content (AvgIpc) is 3.32. The Morgan fingerprint density at radius 2 is 1.91 bits per heavy atom. The van der Waals surface area contributed by atoms with Crippen LogP contribution in [0.2, 0.25) is 0 Å². The first-order valence-electron chi connectivity index (χ1n) is 11.0. The maximum Gasteiger partial charge on any atom is 0.267 e. The fourth-order valence-corrected chi connectivity index (χ4v) is 3.64. The number of hydrazone groups is 1. The van der Waals surface area contributed by atoms with Crippen molar-refractivity contribution in [2.75, 3.05) is 10.3 Å². The van der Waals surface area contributed by atoms with Gasteiger partial charge in [0.15, 0.2) is 0 Å². The molecular formula is C25H26N6O3. The maximum atomic E-state index is 12.8. The van der Waals surface area contributed by atoms with E-state index >= 15 is 0 Å². The minimum atomic E-state index is -0.323. The second kappa shape index (κ2) is 10.1. The largest absolute Gasteiger partial charge is 0.347 e. The second-order valence-electron chi connectivity index (χ2n) is 8.18. The van der Waals surface area contributed by atoms with Gasteiger partial charge in [0.2, 0.25) is 11.8 Å². The summed E-state index contributed by atoms with van der Waals surface area (Å²) >= 11 is 0. The highest BCUT2D eigenvalue weighted by molar-refractivity contribution is 6.40. The zero-order chi connectivity index (χ0) is 24.1. The fraction of sp³-hybridized carbons (Fsp3) is 0.240. The van der Waals surface area contributed by atoms with Crippen molar-refractivity contribution in [3.05, 3.63) is 77.6 Å². The number of amides is 3. The molecule has 34 heavy (non-hydrogen) atoms. The van der Waals surface area contributed by atoms with Gasteiger partial charge in [0, 0.05) is 37.5 Å². The van der Waals surface area contributed by atoms with Crippen LogP contribution in [0, 0.1) is 13.8 Å². The van der Waals surface area contributed by atoms with Gasteiger partial charge in [-0.1, -0.05) is 24.3 Å². The molecule has 0 bridgehead atoms. The number of carbonyl (C=O) groups is 3. The van der Waals surface area contributed by atoms with E-state index < -0.39 is 0 Å². The molecule has 0 radical (unpaired) electrons. The van der Waals surface area contributed by atoms with Crippen LogP contribution >= 0.6 is 0 Å². The summed E-state index contributed by atoms with van der Waals surface area (Å²) in [5.41, 5.74) is 4.38. The number of aryl methyl sites for hydroxylation is 2. The number of rotatable bonds is 7. The molecule has 0 atom stereocenters. The van der Waals surface area contributed by atoms with Crippen LogP contribution in [0.5, 0.6) is 0 Å². The Morgan fingerprint density at radius 3 is 2.71 bits per heavy atom. The number of hydrogen-bond acceptors (Lipinski definition) is 5. The van der Waals surface area contributed by atoms with E-state index in [-0.39, 0.29) is 43.7 Å². The summed E-state index contributed by atoms with van der Waals surface area (Å²) in [5.74, 6) is -0.655. The molecule has 0 fully saturated rings. The molecule has 9 nitrogen and oxygen atoms in total. The topological polar surface area (TPSA) is 109 Å². The Balaban J connectivity index is 1.39. The van der Waals surface area contributed by atoms with E-state index in [1.54, 1.807) is 30.6 Å². The molecule has 2 N–H and O–H groups in total. The minimum absolute atomic E-state index is 0.115. The molecule has 2 heterocycles. The van der Waals surface area contributed by atoms with Gasteiger partial charge in [0.25, 0.3) is 5.91 Å². The van der Waals surface area contributed by atoms with Crippen LogP contribution in [0.25, 0.3) is 0 Å². The number of benzene rings is 2. The Bertz CT molecular complexity index is 1250. The first-order valence-corrected chi connectivity index (χ1v) is 11.0. The quantitative estimate of drug-likeness (QED) is 0.567. The van der Waals surface area contributed by atoms with Gasteiger partial charge < -0.3 is 10.6 Å². The maximum absolute atomic E-state index is 12.8. The third-order valence-electron chi connectivity index (χ3n) is 5.42. The monoisotopic (exact) mass is 458 g/mol. The molecule has 1 aliphatic heterocycles. The molecule has 1 aliphatic rings. The molecule has 0 spiro atoms. The zero-order valence-electron chi connectivity index (χ0n) is 19.1. The van der Waals surface area contributed by atoms with Gasteiger partial charge in [-0.15, -0.1) is 0 Å². The predicted octanol–water partition coefficient (Wildman–Crippen LogP) is 2.94. The van der Waals surface area contributed by atoms with E-state index in [2.05, 4.69) is 20.8 Å². The van der Waals surface area contributed by atoms with Crippen LogP contribution in [0.3, 0.4) is 0 Å². The van der Waals surface area contributed by atoms with Crippen molar-refractivity contribution in [3.63, 3.8) is 0 Å². The Morgan fingerprint density at radius 1 is 1.06 bits per heavy atom. The van der Waals surface area contributed by atoms with E-state index in [0.717, 1.165) is 16.7 Å². The van der Waals surface area contributed by atoms with Crippen LogP contribution in [-0.2, 0) is 27.5 Å². The molecule has 4 rings (SSSR count). The van der Waals surface area contributed by atoms with Crippen LogP contribution < -0.4 is 15.6 Å². The fourth-order valence-electron chi connectivity index (χ4n) is 3.64. The SMILES string of the molecule is Cc1ccc(C)c(N2N=C(C(=O)NCc3cccc(NC(=O)Cn4cccn4)c3)CCC2=O)c1. The van der Waals surface area contributed by atoms with Gasteiger partial charge in [-0.3, -0.25) is 19.1 Å². The van der Waals surface area contributed by atoms with Gasteiger partial charge in [0.05, 0.1) is 5.69 Å². The molecule has 9 heteroatoms. The highest BCUT2D eigenvalue weighted by atomic mass is 16.2. The summed E-state index contributed by atoms with van der Waals surface area (Å²) in [6.07, 6.45) is 3.84. The summed E-state index contributed by atoms with van der Waals surface area (Å²) in [5, 5.41) is 15.4. The van der Waals surface area contributed by atoms with Crippen LogP contribution in [0.4, 0.5) is 11.4 Å². The number of nitrogens with one attached hydrogen (secondary N) is 2. The normalized spacial score (nSPS) is 13.4. The first-order chi connectivity index (χ1) is 16.4.